The lowest BCUT2D eigenvalue weighted by Crippen LogP contribution is -2.05. The predicted molar refractivity (Wildman–Crippen MR) is 170 cm³/mol. The highest BCUT2D eigenvalue weighted by atomic mass is 32.2. The molecule has 0 saturated carbocycles. The fourth-order valence-corrected chi connectivity index (χ4v) is 8.26. The monoisotopic (exact) mass is 568 g/mol. The summed E-state index contributed by atoms with van der Waals surface area (Å²) in [5, 5.41) is 0. The third kappa shape index (κ3) is 5.56. The van der Waals surface area contributed by atoms with Gasteiger partial charge in [0.15, 0.2) is 0 Å². The van der Waals surface area contributed by atoms with E-state index in [4.69, 9.17) is 0 Å². The standard InChI is InChI=1S/C35H28N4S2/c36-38-22-32-28(26-16-7-9-18-30(26)34(32)40-24-12-3-1-4-13-24)20-11-21-29-27-17-8-10-19-31(27)35(33(29)23-39-37)41-25-14-5-2-6-15-25/h1-10,12-19,22-23,28-29H,11,20-21H2. The number of thioether (sulfide) groups is 2. The Hall–Kier alpha value is -4.18. The van der Waals surface area contributed by atoms with Crippen LogP contribution in [0.5, 0.6) is 0 Å². The van der Waals surface area contributed by atoms with E-state index in [-0.39, 0.29) is 11.8 Å². The second-order valence-corrected chi connectivity index (χ2v) is 12.3. The number of fused-ring (bicyclic) bond motifs is 2. The quantitative estimate of drug-likeness (QED) is 0.109. The van der Waals surface area contributed by atoms with Crippen LogP contribution in [0.15, 0.2) is 130 Å². The molecule has 2 atom stereocenters. The first-order chi connectivity index (χ1) is 20.3. The maximum absolute atomic E-state index is 9.64. The minimum Gasteiger partial charge on any atom is -0.362 e. The van der Waals surface area contributed by atoms with Gasteiger partial charge < -0.3 is 11.1 Å². The lowest BCUT2D eigenvalue weighted by atomic mass is 9.86. The zero-order valence-corrected chi connectivity index (χ0v) is 24.1. The number of rotatable bonds is 10. The maximum atomic E-state index is 9.64. The van der Waals surface area contributed by atoms with E-state index in [1.165, 1.54) is 22.3 Å². The van der Waals surface area contributed by atoms with Crippen molar-refractivity contribution in [2.75, 3.05) is 0 Å². The zero-order valence-electron chi connectivity index (χ0n) is 22.4. The van der Waals surface area contributed by atoms with E-state index in [1.54, 1.807) is 36.0 Å². The van der Waals surface area contributed by atoms with E-state index in [0.29, 0.717) is 0 Å². The Morgan fingerprint density at radius 3 is 1.34 bits per heavy atom. The van der Waals surface area contributed by atoms with Gasteiger partial charge in [-0.15, -0.1) is 0 Å². The topological polar surface area (TPSA) is 72.8 Å². The molecule has 6 heteroatoms. The van der Waals surface area contributed by atoms with E-state index < -0.39 is 0 Å². The molecule has 4 aromatic carbocycles. The van der Waals surface area contributed by atoms with Crippen LogP contribution in [0.2, 0.25) is 0 Å². The van der Waals surface area contributed by atoms with Gasteiger partial charge in [-0.2, -0.15) is 9.58 Å². The number of hydrogen-bond donors (Lipinski definition) is 0. The van der Waals surface area contributed by atoms with Crippen molar-refractivity contribution >= 4 is 45.8 Å². The van der Waals surface area contributed by atoms with Gasteiger partial charge in [-0.1, -0.05) is 115 Å². The molecule has 0 saturated heterocycles. The third-order valence-electron chi connectivity index (χ3n) is 7.74. The van der Waals surface area contributed by atoms with E-state index in [0.717, 1.165) is 50.0 Å². The highest BCUT2D eigenvalue weighted by molar-refractivity contribution is 8.08. The number of allylic oxidation sites excluding steroid dienone is 2. The largest absolute Gasteiger partial charge is 0.362 e. The van der Waals surface area contributed by atoms with E-state index in [1.807, 2.05) is 36.4 Å². The Morgan fingerprint density at radius 1 is 0.537 bits per heavy atom. The van der Waals surface area contributed by atoms with Crippen molar-refractivity contribution in [3.63, 3.8) is 0 Å². The highest BCUT2D eigenvalue weighted by Crippen LogP contribution is 2.53. The molecule has 0 aromatic heterocycles. The Balaban J connectivity index is 1.29. The van der Waals surface area contributed by atoms with Gasteiger partial charge in [0.05, 0.1) is 11.1 Å². The molecule has 6 rings (SSSR count). The molecule has 2 aliphatic rings. The first kappa shape index (κ1) is 27.0. The SMILES string of the molecule is [N-]=[N+]=CC1=C(Sc2ccccc2)c2ccccc2C1CCCC1C(C=[N+]=[N-])=C(Sc2ccccc2)c2ccccc21. The lowest BCUT2D eigenvalue weighted by molar-refractivity contribution is 0.00361. The molecule has 0 bridgehead atoms. The number of benzene rings is 4. The summed E-state index contributed by atoms with van der Waals surface area (Å²) in [6.07, 6.45) is 6.04. The Labute approximate surface area is 249 Å². The number of nitrogens with zero attached hydrogens (tertiary/aromatic N) is 4. The van der Waals surface area contributed by atoms with E-state index in [9.17, 15) is 11.1 Å². The molecular weight excluding hydrogens is 541 g/mol. The summed E-state index contributed by atoms with van der Waals surface area (Å²) in [5.41, 5.74) is 26.4. The zero-order chi connectivity index (χ0) is 28.0. The fraction of sp³-hybridized carbons (Fsp3) is 0.143. The summed E-state index contributed by atoms with van der Waals surface area (Å²) in [7, 11) is 0. The highest BCUT2D eigenvalue weighted by Gasteiger charge is 2.35. The van der Waals surface area contributed by atoms with Crippen molar-refractivity contribution in [3.8, 4) is 0 Å². The summed E-state index contributed by atoms with van der Waals surface area (Å²) in [6.45, 7) is 0. The molecule has 0 radical (unpaired) electrons. The average molecular weight is 569 g/mol. The summed E-state index contributed by atoms with van der Waals surface area (Å²) in [4.78, 5) is 11.6. The molecule has 0 N–H and O–H groups in total. The minimum absolute atomic E-state index is 0.141. The van der Waals surface area contributed by atoms with Crippen LogP contribution in [0.4, 0.5) is 0 Å². The molecule has 0 spiro atoms. The van der Waals surface area contributed by atoms with Crippen LogP contribution >= 0.6 is 23.5 Å². The van der Waals surface area contributed by atoms with Gasteiger partial charge in [0.1, 0.15) is 0 Å². The number of hydrogen-bond acceptors (Lipinski definition) is 2. The van der Waals surface area contributed by atoms with Crippen LogP contribution in [0.25, 0.3) is 20.9 Å². The van der Waals surface area contributed by atoms with Crippen molar-refractivity contribution in [3.05, 3.63) is 154 Å². The van der Waals surface area contributed by atoms with Gasteiger partial charge in [-0.3, -0.25) is 0 Å². The molecule has 4 nitrogen and oxygen atoms in total. The molecule has 200 valence electrons. The first-order valence-electron chi connectivity index (χ1n) is 13.8. The van der Waals surface area contributed by atoms with Crippen molar-refractivity contribution < 1.29 is 9.58 Å². The Bertz CT molecular complexity index is 1600. The predicted octanol–water partition coefficient (Wildman–Crippen LogP) is 9.36. The average Bonchev–Trinajstić information content (AvgIpc) is 3.46. The van der Waals surface area contributed by atoms with Crippen LogP contribution in [0.3, 0.4) is 0 Å². The minimum atomic E-state index is 0.141. The van der Waals surface area contributed by atoms with Crippen LogP contribution in [0, 0.1) is 0 Å². The van der Waals surface area contributed by atoms with Crippen LogP contribution in [-0.4, -0.2) is 22.0 Å². The lowest BCUT2D eigenvalue weighted by Gasteiger charge is -2.16. The summed E-state index contributed by atoms with van der Waals surface area (Å²) < 4.78 is 0. The van der Waals surface area contributed by atoms with Crippen LogP contribution < -0.4 is 0 Å². The molecule has 0 amide bonds. The van der Waals surface area contributed by atoms with Crippen molar-refractivity contribution in [2.45, 2.75) is 40.9 Å². The van der Waals surface area contributed by atoms with Gasteiger partial charge in [-0.05, 0) is 59.4 Å². The van der Waals surface area contributed by atoms with Crippen LogP contribution in [0.1, 0.15) is 53.4 Å². The third-order valence-corrected chi connectivity index (χ3v) is 10.1. The molecule has 0 fully saturated rings. The molecule has 0 aliphatic heterocycles. The smallest absolute Gasteiger partial charge is 0.285 e. The van der Waals surface area contributed by atoms with Crippen molar-refractivity contribution in [1.29, 1.82) is 0 Å². The molecule has 2 unspecified atom stereocenters. The fourth-order valence-electron chi connectivity index (χ4n) is 5.99. The second-order valence-electron chi connectivity index (χ2n) is 10.1. The van der Waals surface area contributed by atoms with E-state index in [2.05, 4.69) is 82.4 Å². The molecule has 0 heterocycles. The first-order valence-corrected chi connectivity index (χ1v) is 15.4. The van der Waals surface area contributed by atoms with E-state index >= 15 is 0 Å². The molecule has 4 aromatic rings. The molecule has 41 heavy (non-hydrogen) atoms. The van der Waals surface area contributed by atoms with Gasteiger partial charge in [-0.25, -0.2) is 0 Å². The molecule has 2 aliphatic carbocycles. The van der Waals surface area contributed by atoms with Gasteiger partial charge in [0.2, 0.25) is 0 Å². The van der Waals surface area contributed by atoms with Gasteiger partial charge in [0, 0.05) is 31.4 Å². The Morgan fingerprint density at radius 2 is 0.927 bits per heavy atom. The summed E-state index contributed by atoms with van der Waals surface area (Å²) >= 11 is 3.45. The summed E-state index contributed by atoms with van der Waals surface area (Å²) in [6, 6.07) is 37.8. The van der Waals surface area contributed by atoms with Crippen LogP contribution in [-0.2, 0) is 0 Å². The van der Waals surface area contributed by atoms with Crippen molar-refractivity contribution in [2.24, 2.45) is 0 Å². The van der Waals surface area contributed by atoms with Gasteiger partial charge in [0.25, 0.3) is 12.4 Å². The van der Waals surface area contributed by atoms with Gasteiger partial charge >= 0.3 is 0 Å². The van der Waals surface area contributed by atoms with Crippen molar-refractivity contribution in [1.82, 2.24) is 0 Å². The summed E-state index contributed by atoms with van der Waals surface area (Å²) in [5.74, 6) is 0.282. The normalized spacial score (nSPS) is 17.1. The Kier molecular flexibility index (Phi) is 8.27. The molecular formula is C35H28N4S2. The maximum Gasteiger partial charge on any atom is 0.285 e. The second kappa shape index (κ2) is 12.6.